The monoisotopic (exact) mass is 397 g/mol. The van der Waals surface area contributed by atoms with Crippen LogP contribution < -0.4 is 5.32 Å². The van der Waals surface area contributed by atoms with Gasteiger partial charge in [-0.3, -0.25) is 4.79 Å². The van der Waals surface area contributed by atoms with Gasteiger partial charge in [-0.2, -0.15) is 0 Å². The molecule has 0 bridgehead atoms. The first-order valence-corrected chi connectivity index (χ1v) is 8.86. The number of halogens is 1. The van der Waals surface area contributed by atoms with E-state index in [0.29, 0.717) is 12.2 Å². The van der Waals surface area contributed by atoms with Crippen LogP contribution in [0, 0.1) is 0 Å². The van der Waals surface area contributed by atoms with Gasteiger partial charge in [-0.15, -0.1) is 11.3 Å². The smallest absolute Gasteiger partial charge is 0.337 e. The van der Waals surface area contributed by atoms with Gasteiger partial charge >= 0.3 is 5.97 Å². The van der Waals surface area contributed by atoms with Crippen molar-refractivity contribution in [3.63, 3.8) is 0 Å². The molecule has 1 N–H and O–H groups in total. The molecule has 1 aromatic rings. The highest BCUT2D eigenvalue weighted by molar-refractivity contribution is 9.10. The average Bonchev–Trinajstić information content (AvgIpc) is 2.82. The number of rotatable bonds is 5. The van der Waals surface area contributed by atoms with Gasteiger partial charge in [-0.25, -0.2) is 4.79 Å². The largest absolute Gasteiger partial charge is 0.462 e. The Balaban J connectivity index is 0.000000277. The van der Waals surface area contributed by atoms with Gasteiger partial charge < -0.3 is 10.1 Å². The minimum absolute atomic E-state index is 0.243. The number of nitrogens with one attached hydrogen (secondary N) is 1. The van der Waals surface area contributed by atoms with Crippen molar-refractivity contribution in [1.82, 2.24) is 5.32 Å². The fourth-order valence-electron chi connectivity index (χ4n) is 1.76. The number of aldehydes is 1. The van der Waals surface area contributed by atoms with E-state index in [1.54, 1.807) is 6.07 Å². The zero-order valence-corrected chi connectivity index (χ0v) is 15.6. The molecule has 1 aliphatic rings. The summed E-state index contributed by atoms with van der Waals surface area (Å²) in [6.07, 6.45) is 9.37. The molecule has 0 spiro atoms. The number of carbonyl (C=O) groups is 2. The summed E-state index contributed by atoms with van der Waals surface area (Å²) < 4.78 is 5.91. The molecule has 23 heavy (non-hydrogen) atoms. The van der Waals surface area contributed by atoms with Crippen LogP contribution in [-0.2, 0) is 9.53 Å². The highest BCUT2D eigenvalue weighted by Gasteiger charge is 2.08. The van der Waals surface area contributed by atoms with Gasteiger partial charge in [0.2, 0.25) is 0 Å². The Labute approximate surface area is 149 Å². The average molecular weight is 398 g/mol. The van der Waals surface area contributed by atoms with Crippen molar-refractivity contribution in [3.8, 4) is 0 Å². The molecule has 6 heteroatoms. The van der Waals surface area contributed by atoms with Gasteiger partial charge in [0.15, 0.2) is 6.29 Å². The summed E-state index contributed by atoms with van der Waals surface area (Å²) in [4.78, 5) is 22.2. The number of esters is 1. The molecule has 1 aliphatic carbocycles. The van der Waals surface area contributed by atoms with Crippen molar-refractivity contribution in [2.24, 2.45) is 0 Å². The number of hydrogen-bond donors (Lipinski definition) is 1. The zero-order valence-electron chi connectivity index (χ0n) is 13.2. The maximum absolute atomic E-state index is 11.4. The quantitative estimate of drug-likeness (QED) is 0.604. The molecule has 1 heterocycles. The van der Waals surface area contributed by atoms with E-state index in [9.17, 15) is 9.59 Å². The van der Waals surface area contributed by atoms with E-state index in [2.05, 4.69) is 27.3 Å². The van der Waals surface area contributed by atoms with E-state index >= 15 is 0 Å². The molecule has 2 rings (SSSR count). The molecule has 1 aromatic heterocycles. The number of hydrogen-bond acceptors (Lipinski definition) is 5. The summed E-state index contributed by atoms with van der Waals surface area (Å²) in [6.45, 7) is 3.05. The minimum atomic E-state index is -0.243. The predicted octanol–water partition coefficient (Wildman–Crippen LogP) is 3.90. The first-order chi connectivity index (χ1) is 11.1. The molecule has 0 unspecified atom stereocenters. The van der Waals surface area contributed by atoms with E-state index in [4.69, 9.17) is 4.74 Å². The third-order valence-corrected chi connectivity index (χ3v) is 4.41. The first kappa shape index (κ1) is 19.5. The van der Waals surface area contributed by atoms with Crippen LogP contribution in [-0.4, -0.2) is 32.5 Å². The van der Waals surface area contributed by atoms with E-state index in [1.165, 1.54) is 16.9 Å². The van der Waals surface area contributed by atoms with Crippen molar-refractivity contribution in [3.05, 3.63) is 56.2 Å². The molecule has 0 fully saturated rings. The number of allylic oxidation sites excluding steroid dienone is 2. The maximum atomic E-state index is 11.4. The number of carbonyl (C=O) groups excluding carboxylic acids is 2. The fraction of sp³-hybridized carbons (Fsp3) is 0.294. The standard InChI is InChI=1S/C12H17NO2.C5H3BrOS/c1-3-15-12(14)11-6-4-5-10(7-8-11)9-13-2;6-4-1-5(2-7)8-3-4/h5-8,13H,3-4,9H2,1-2H3;1-3H. The second-order valence-corrected chi connectivity index (χ2v) is 6.40. The van der Waals surface area contributed by atoms with Crippen molar-refractivity contribution in [1.29, 1.82) is 0 Å². The fourth-order valence-corrected chi connectivity index (χ4v) is 3.01. The molecule has 0 amide bonds. The van der Waals surface area contributed by atoms with Gasteiger partial charge in [0.1, 0.15) is 0 Å². The highest BCUT2D eigenvalue weighted by atomic mass is 79.9. The molecule has 0 atom stereocenters. The van der Waals surface area contributed by atoms with E-state index in [1.807, 2.05) is 37.6 Å². The Morgan fingerprint density at radius 3 is 2.74 bits per heavy atom. The summed E-state index contributed by atoms with van der Waals surface area (Å²) in [5.41, 5.74) is 1.83. The van der Waals surface area contributed by atoms with E-state index in [0.717, 1.165) is 28.6 Å². The molecule has 0 aromatic carbocycles. The molecule has 0 saturated carbocycles. The Morgan fingerprint density at radius 2 is 2.22 bits per heavy atom. The van der Waals surface area contributed by atoms with Crippen molar-refractivity contribution < 1.29 is 14.3 Å². The third kappa shape index (κ3) is 7.54. The number of thiophene rings is 1. The van der Waals surface area contributed by atoms with Gasteiger partial charge in [0.25, 0.3) is 0 Å². The number of likely N-dealkylation sites (N-methyl/N-ethyl adjacent to an activating group) is 1. The molecule has 0 aliphatic heterocycles. The lowest BCUT2D eigenvalue weighted by molar-refractivity contribution is -0.138. The topological polar surface area (TPSA) is 55.4 Å². The van der Waals surface area contributed by atoms with Crippen LogP contribution in [0.4, 0.5) is 0 Å². The second kappa shape index (κ2) is 11.1. The van der Waals surface area contributed by atoms with E-state index in [-0.39, 0.29) is 5.97 Å². The van der Waals surface area contributed by atoms with E-state index < -0.39 is 0 Å². The first-order valence-electron chi connectivity index (χ1n) is 7.18. The molecule has 0 radical (unpaired) electrons. The van der Waals surface area contributed by atoms with Gasteiger partial charge in [0.05, 0.1) is 17.1 Å². The third-order valence-electron chi connectivity index (χ3n) is 2.79. The van der Waals surface area contributed by atoms with Gasteiger partial charge in [-0.05, 0) is 54.0 Å². The molecular formula is C17H20BrNO3S. The van der Waals surface area contributed by atoms with Gasteiger partial charge in [-0.1, -0.05) is 18.2 Å². The van der Waals surface area contributed by atoms with Gasteiger partial charge in [0, 0.05) is 16.4 Å². The van der Waals surface area contributed by atoms with Crippen LogP contribution in [0.2, 0.25) is 0 Å². The number of ether oxygens (including phenoxy) is 1. The van der Waals surface area contributed by atoms with Crippen LogP contribution in [0.25, 0.3) is 0 Å². The summed E-state index contributed by atoms with van der Waals surface area (Å²) in [5, 5.41) is 4.95. The molecular weight excluding hydrogens is 378 g/mol. The van der Waals surface area contributed by atoms with Crippen LogP contribution in [0.1, 0.15) is 23.0 Å². The maximum Gasteiger partial charge on any atom is 0.337 e. The predicted molar refractivity (Wildman–Crippen MR) is 97.9 cm³/mol. The van der Waals surface area contributed by atoms with Crippen LogP contribution in [0.15, 0.2) is 51.4 Å². The molecule has 4 nitrogen and oxygen atoms in total. The van der Waals surface area contributed by atoms with Crippen molar-refractivity contribution in [2.45, 2.75) is 13.3 Å². The Hall–Kier alpha value is -1.50. The Kier molecular flexibility index (Phi) is 9.43. The lowest BCUT2D eigenvalue weighted by Crippen LogP contribution is -2.09. The Bertz CT molecular complexity index is 617. The summed E-state index contributed by atoms with van der Waals surface area (Å²) >= 11 is 4.66. The normalized spacial score (nSPS) is 13.2. The lowest BCUT2D eigenvalue weighted by atomic mass is 10.2. The van der Waals surface area contributed by atoms with Crippen LogP contribution in [0.5, 0.6) is 0 Å². The summed E-state index contributed by atoms with van der Waals surface area (Å²) in [7, 11) is 1.90. The Morgan fingerprint density at radius 1 is 1.43 bits per heavy atom. The zero-order chi connectivity index (χ0) is 17.1. The molecule has 124 valence electrons. The SMILES string of the molecule is CCOC(=O)C1=CCC=C(CNC)C=C1.O=Cc1cc(Br)cs1. The van der Waals surface area contributed by atoms with Crippen molar-refractivity contribution >= 4 is 39.5 Å². The van der Waals surface area contributed by atoms with Crippen molar-refractivity contribution in [2.75, 3.05) is 20.2 Å². The van der Waals surface area contributed by atoms with Crippen LogP contribution in [0.3, 0.4) is 0 Å². The summed E-state index contributed by atoms with van der Waals surface area (Å²) in [6, 6.07) is 1.79. The lowest BCUT2D eigenvalue weighted by Gasteiger charge is -2.00. The second-order valence-electron chi connectivity index (χ2n) is 4.54. The summed E-state index contributed by atoms with van der Waals surface area (Å²) in [5.74, 6) is -0.243. The van der Waals surface area contributed by atoms with Crippen LogP contribution >= 0.6 is 27.3 Å². The minimum Gasteiger partial charge on any atom is -0.462 e. The molecule has 0 saturated heterocycles. The highest BCUT2D eigenvalue weighted by Crippen LogP contribution is 2.17.